The van der Waals surface area contributed by atoms with Gasteiger partial charge in [-0.3, -0.25) is 19.3 Å². The highest BCUT2D eigenvalue weighted by Gasteiger charge is 2.46. The second-order valence-electron chi connectivity index (χ2n) is 8.08. The molecule has 1 heterocycles. The molecule has 26 heavy (non-hydrogen) atoms. The van der Waals surface area contributed by atoms with E-state index < -0.39 is 0 Å². The first kappa shape index (κ1) is 18.4. The predicted octanol–water partition coefficient (Wildman–Crippen LogP) is 3.26. The lowest BCUT2D eigenvalue weighted by Crippen LogP contribution is -2.34. The number of imide groups is 1. The summed E-state index contributed by atoms with van der Waals surface area (Å²) in [4.78, 5) is 38.6. The number of nitrogens with one attached hydrogen (secondary N) is 1. The van der Waals surface area contributed by atoms with E-state index in [1.165, 1.54) is 4.90 Å². The average molecular weight is 354 g/mol. The maximum Gasteiger partial charge on any atom is 0.233 e. The summed E-state index contributed by atoms with van der Waals surface area (Å²) in [5, 5.41) is 2.93. The molecule has 2 aliphatic rings. The van der Waals surface area contributed by atoms with Crippen molar-refractivity contribution in [3.8, 4) is 0 Å². The fraction of sp³-hybridized carbons (Fsp3) is 0.476. The molecular weight excluding hydrogens is 328 g/mol. The maximum absolute atomic E-state index is 12.4. The molecule has 1 aliphatic carbocycles. The van der Waals surface area contributed by atoms with Crippen LogP contribution in [-0.4, -0.2) is 29.2 Å². The Morgan fingerprint density at radius 2 is 1.65 bits per heavy atom. The van der Waals surface area contributed by atoms with Crippen LogP contribution < -0.4 is 5.32 Å². The van der Waals surface area contributed by atoms with Gasteiger partial charge in [0.15, 0.2) is 0 Å². The van der Waals surface area contributed by atoms with E-state index >= 15 is 0 Å². The highest BCUT2D eigenvalue weighted by molar-refractivity contribution is 6.05. The summed E-state index contributed by atoms with van der Waals surface area (Å²) in [5.41, 5.74) is 1.74. The van der Waals surface area contributed by atoms with Crippen LogP contribution in [-0.2, 0) is 19.8 Å². The molecule has 0 bridgehead atoms. The first-order valence-electron chi connectivity index (χ1n) is 9.18. The van der Waals surface area contributed by atoms with Crippen LogP contribution in [0.2, 0.25) is 0 Å². The second-order valence-corrected chi connectivity index (χ2v) is 8.08. The highest BCUT2D eigenvalue weighted by atomic mass is 16.2. The van der Waals surface area contributed by atoms with Crippen molar-refractivity contribution in [1.82, 2.24) is 4.90 Å². The van der Waals surface area contributed by atoms with Gasteiger partial charge in [-0.05, 0) is 29.9 Å². The smallest absolute Gasteiger partial charge is 0.233 e. The molecule has 1 aromatic carbocycles. The van der Waals surface area contributed by atoms with Crippen molar-refractivity contribution >= 4 is 23.4 Å². The number of amides is 3. The molecule has 1 aromatic rings. The van der Waals surface area contributed by atoms with Crippen LogP contribution >= 0.6 is 0 Å². The molecule has 0 spiro atoms. The van der Waals surface area contributed by atoms with Crippen molar-refractivity contribution in [2.75, 3.05) is 11.9 Å². The predicted molar refractivity (Wildman–Crippen MR) is 100 cm³/mol. The molecule has 0 radical (unpaired) electrons. The Kier molecular flexibility index (Phi) is 4.99. The minimum atomic E-state index is -0.239. The van der Waals surface area contributed by atoms with Gasteiger partial charge in [0.2, 0.25) is 17.7 Å². The first-order chi connectivity index (χ1) is 12.3. The topological polar surface area (TPSA) is 66.5 Å². The average Bonchev–Trinajstić information content (AvgIpc) is 2.84. The minimum absolute atomic E-state index is 0.0898. The number of rotatable bonds is 4. The number of likely N-dealkylation sites (tertiary alicyclic amines) is 1. The monoisotopic (exact) mass is 354 g/mol. The van der Waals surface area contributed by atoms with Gasteiger partial charge in [0, 0.05) is 18.7 Å². The lowest BCUT2D eigenvalue weighted by Gasteiger charge is -2.23. The van der Waals surface area contributed by atoms with E-state index in [2.05, 4.69) is 26.1 Å². The zero-order valence-electron chi connectivity index (χ0n) is 15.6. The summed E-state index contributed by atoms with van der Waals surface area (Å²) in [6.45, 7) is 6.42. The van der Waals surface area contributed by atoms with E-state index in [1.54, 1.807) is 0 Å². The molecule has 1 aliphatic heterocycles. The Bertz CT molecular complexity index is 735. The lowest BCUT2D eigenvalue weighted by molar-refractivity contribution is -0.140. The highest BCUT2D eigenvalue weighted by Crippen LogP contribution is 2.35. The van der Waals surface area contributed by atoms with E-state index in [-0.39, 0.29) is 47.9 Å². The van der Waals surface area contributed by atoms with Gasteiger partial charge in [-0.2, -0.15) is 0 Å². The molecule has 1 N–H and O–H groups in total. The molecule has 0 unspecified atom stereocenters. The van der Waals surface area contributed by atoms with Crippen LogP contribution in [0.5, 0.6) is 0 Å². The zero-order chi connectivity index (χ0) is 18.9. The van der Waals surface area contributed by atoms with Gasteiger partial charge in [0.1, 0.15) is 0 Å². The third kappa shape index (κ3) is 3.57. The summed E-state index contributed by atoms with van der Waals surface area (Å²) < 4.78 is 0. The van der Waals surface area contributed by atoms with E-state index in [1.807, 2.05) is 36.4 Å². The number of hydrogen-bond acceptors (Lipinski definition) is 3. The number of carbonyl (C=O) groups excluding carboxylic acids is 3. The molecule has 5 nitrogen and oxygen atoms in total. The summed E-state index contributed by atoms with van der Waals surface area (Å²) in [6, 6.07) is 7.72. The van der Waals surface area contributed by atoms with E-state index in [0.29, 0.717) is 12.8 Å². The second kappa shape index (κ2) is 7.06. The van der Waals surface area contributed by atoms with Crippen molar-refractivity contribution in [3.63, 3.8) is 0 Å². The van der Waals surface area contributed by atoms with E-state index in [9.17, 15) is 14.4 Å². The van der Waals surface area contributed by atoms with E-state index in [4.69, 9.17) is 0 Å². The van der Waals surface area contributed by atoms with Gasteiger partial charge in [-0.15, -0.1) is 0 Å². The van der Waals surface area contributed by atoms with Gasteiger partial charge < -0.3 is 5.32 Å². The van der Waals surface area contributed by atoms with Crippen molar-refractivity contribution < 1.29 is 14.4 Å². The number of nitrogens with zero attached hydrogens (tertiary/aromatic N) is 1. The van der Waals surface area contributed by atoms with Crippen molar-refractivity contribution in [2.24, 2.45) is 11.8 Å². The number of carbonyl (C=O) groups is 3. The van der Waals surface area contributed by atoms with Gasteiger partial charge >= 0.3 is 0 Å². The van der Waals surface area contributed by atoms with Gasteiger partial charge in [0.25, 0.3) is 0 Å². The van der Waals surface area contributed by atoms with Crippen LogP contribution in [0.25, 0.3) is 0 Å². The SMILES string of the molecule is CC(C)(C)c1ccccc1NC(=O)CCN1C(=O)[C@H]2CC=CC[C@H]2C1=O. The Balaban J connectivity index is 1.62. The number of anilines is 1. The van der Waals surface area contributed by atoms with Crippen LogP contribution in [0.1, 0.15) is 45.6 Å². The molecule has 3 amide bonds. The standard InChI is InChI=1S/C21H26N2O3/c1-21(2,3)16-10-6-7-11-17(16)22-18(24)12-13-23-19(25)14-8-4-5-9-15(14)20(23)26/h4-7,10-11,14-15H,8-9,12-13H2,1-3H3,(H,22,24)/t14-,15+. The van der Waals surface area contributed by atoms with Crippen molar-refractivity contribution in [2.45, 2.75) is 45.4 Å². The molecular formula is C21H26N2O3. The zero-order valence-corrected chi connectivity index (χ0v) is 15.6. The number of para-hydroxylation sites is 1. The molecule has 5 heteroatoms. The third-order valence-corrected chi connectivity index (χ3v) is 5.17. The molecule has 138 valence electrons. The summed E-state index contributed by atoms with van der Waals surface area (Å²) >= 11 is 0. The molecule has 1 saturated heterocycles. The summed E-state index contributed by atoms with van der Waals surface area (Å²) in [6.07, 6.45) is 5.29. The third-order valence-electron chi connectivity index (χ3n) is 5.17. The van der Waals surface area contributed by atoms with Crippen LogP contribution in [0.4, 0.5) is 5.69 Å². The molecule has 2 atom stereocenters. The van der Waals surface area contributed by atoms with Gasteiger partial charge in [-0.1, -0.05) is 51.1 Å². The van der Waals surface area contributed by atoms with Crippen molar-refractivity contribution in [1.29, 1.82) is 0 Å². The Labute approximate surface area is 154 Å². The maximum atomic E-state index is 12.4. The van der Waals surface area contributed by atoms with E-state index in [0.717, 1.165) is 11.3 Å². The van der Waals surface area contributed by atoms with Crippen LogP contribution in [0.3, 0.4) is 0 Å². The van der Waals surface area contributed by atoms with Gasteiger partial charge in [0.05, 0.1) is 11.8 Å². The Morgan fingerprint density at radius 3 is 2.23 bits per heavy atom. The molecule has 3 rings (SSSR count). The van der Waals surface area contributed by atoms with Crippen LogP contribution in [0, 0.1) is 11.8 Å². The fourth-order valence-corrected chi connectivity index (χ4v) is 3.76. The number of hydrogen-bond donors (Lipinski definition) is 1. The fourth-order valence-electron chi connectivity index (χ4n) is 3.76. The summed E-state index contributed by atoms with van der Waals surface area (Å²) in [7, 11) is 0. The first-order valence-corrected chi connectivity index (χ1v) is 9.18. The Morgan fingerprint density at radius 1 is 1.08 bits per heavy atom. The number of benzene rings is 1. The van der Waals surface area contributed by atoms with Gasteiger partial charge in [-0.25, -0.2) is 0 Å². The number of fused-ring (bicyclic) bond motifs is 1. The Hall–Kier alpha value is -2.43. The summed E-state index contributed by atoms with van der Waals surface area (Å²) in [5.74, 6) is -0.927. The van der Waals surface area contributed by atoms with Crippen molar-refractivity contribution in [3.05, 3.63) is 42.0 Å². The number of allylic oxidation sites excluding steroid dienone is 2. The molecule has 0 saturated carbocycles. The van der Waals surface area contributed by atoms with Crippen LogP contribution in [0.15, 0.2) is 36.4 Å². The lowest BCUT2D eigenvalue weighted by atomic mass is 9.85. The quantitative estimate of drug-likeness (QED) is 0.667. The molecule has 0 aromatic heterocycles. The molecule has 1 fully saturated rings. The normalized spacial score (nSPS) is 22.5. The minimum Gasteiger partial charge on any atom is -0.326 e. The largest absolute Gasteiger partial charge is 0.326 e.